The number of urea groups is 1. The first-order chi connectivity index (χ1) is 15.8. The molecule has 168 valence electrons. The molecular formula is C22H17F3N6O2. The van der Waals surface area contributed by atoms with Crippen molar-refractivity contribution in [1.82, 2.24) is 15.5 Å². The van der Waals surface area contributed by atoms with Gasteiger partial charge in [0.25, 0.3) is 0 Å². The van der Waals surface area contributed by atoms with E-state index in [1.165, 1.54) is 23.0 Å². The van der Waals surface area contributed by atoms with Crippen LogP contribution in [-0.2, 0) is 12.7 Å². The normalized spacial score (nSPS) is 11.3. The number of carbonyl (C=O) groups is 1. The van der Waals surface area contributed by atoms with Gasteiger partial charge in [0.1, 0.15) is 0 Å². The number of carbonyl (C=O) groups excluding carboxylic acids is 1. The van der Waals surface area contributed by atoms with Gasteiger partial charge in [0.2, 0.25) is 18.6 Å². The first kappa shape index (κ1) is 21.9. The van der Waals surface area contributed by atoms with Crippen molar-refractivity contribution in [2.45, 2.75) is 19.6 Å². The van der Waals surface area contributed by atoms with E-state index in [0.29, 0.717) is 6.54 Å². The fourth-order valence-electron chi connectivity index (χ4n) is 3.08. The summed E-state index contributed by atoms with van der Waals surface area (Å²) in [6.45, 7) is 2.32. The van der Waals surface area contributed by atoms with Crippen LogP contribution in [0.2, 0.25) is 0 Å². The Kier molecular flexibility index (Phi) is 6.03. The number of hydrogen-bond acceptors (Lipinski definition) is 5. The van der Waals surface area contributed by atoms with Crippen molar-refractivity contribution < 1.29 is 27.2 Å². The van der Waals surface area contributed by atoms with Crippen molar-refractivity contribution in [3.63, 3.8) is 0 Å². The molecule has 0 aliphatic carbocycles. The molecule has 0 bridgehead atoms. The van der Waals surface area contributed by atoms with Gasteiger partial charge in [-0.1, -0.05) is 42.5 Å². The summed E-state index contributed by atoms with van der Waals surface area (Å²) in [6, 6.07) is 11.1. The standard InChI is InChI=1S/C22H17F3N6O2/c1-14-10-26-27-11-19(14)16-7-5-15(6-8-16)12-31-13-20(33-30-31)29-21(32)28-18-4-2-3-17(9-18)22(23,24)25/h2-11,13H,12H2,1H3,(H-,28,29,30,32). The summed E-state index contributed by atoms with van der Waals surface area (Å²) in [5, 5.41) is 17.5. The Balaban J connectivity index is 1.36. The molecule has 4 aromatic rings. The summed E-state index contributed by atoms with van der Waals surface area (Å²) >= 11 is 0. The molecule has 33 heavy (non-hydrogen) atoms. The third kappa shape index (κ3) is 5.50. The highest BCUT2D eigenvalue weighted by molar-refractivity contribution is 6.03. The quantitative estimate of drug-likeness (QED) is 0.427. The van der Waals surface area contributed by atoms with E-state index in [-0.39, 0.29) is 11.6 Å². The van der Waals surface area contributed by atoms with Gasteiger partial charge in [-0.25, -0.2) is 0 Å². The summed E-state index contributed by atoms with van der Waals surface area (Å²) in [7, 11) is 0. The number of alkyl halides is 3. The molecule has 0 radical (unpaired) electrons. The average molecular weight is 454 g/mol. The van der Waals surface area contributed by atoms with Gasteiger partial charge >= 0.3 is 6.18 Å². The van der Waals surface area contributed by atoms with Crippen LogP contribution in [-0.4, -0.2) is 21.5 Å². The highest BCUT2D eigenvalue weighted by Gasteiger charge is 2.30. The number of halogens is 3. The lowest BCUT2D eigenvalue weighted by atomic mass is 10.0. The molecule has 2 aromatic carbocycles. The number of nitrogens with one attached hydrogen (secondary N) is 1. The van der Waals surface area contributed by atoms with Crippen LogP contribution in [0.5, 0.6) is 0 Å². The lowest BCUT2D eigenvalue weighted by molar-refractivity contribution is -0.754. The highest BCUT2D eigenvalue weighted by Crippen LogP contribution is 2.31. The van der Waals surface area contributed by atoms with Crippen LogP contribution >= 0.6 is 0 Å². The topological polar surface area (TPSA) is 98.9 Å². The number of anilines is 1. The van der Waals surface area contributed by atoms with Gasteiger partial charge in [0.05, 0.1) is 18.0 Å². The lowest BCUT2D eigenvalue weighted by Gasteiger charge is -2.15. The monoisotopic (exact) mass is 454 g/mol. The van der Waals surface area contributed by atoms with Crippen LogP contribution in [0.4, 0.5) is 29.5 Å². The number of hydrogen-bond donors (Lipinski definition) is 1. The zero-order valence-electron chi connectivity index (χ0n) is 17.2. The zero-order valence-corrected chi connectivity index (χ0v) is 17.2. The summed E-state index contributed by atoms with van der Waals surface area (Å²) < 4.78 is 44.8. The van der Waals surface area contributed by atoms with Crippen LogP contribution in [0, 0.1) is 6.92 Å². The van der Waals surface area contributed by atoms with Gasteiger partial charge in [-0.05, 0) is 34.5 Å². The maximum Gasteiger partial charge on any atom is 0.416 e. The first-order valence-electron chi connectivity index (χ1n) is 9.71. The molecule has 2 heterocycles. The summed E-state index contributed by atoms with van der Waals surface area (Å²) in [5.41, 5.74) is 3.01. The van der Waals surface area contributed by atoms with Gasteiger partial charge in [-0.15, -0.1) is 0 Å². The smallest absolute Gasteiger partial charge is 0.416 e. The zero-order chi connectivity index (χ0) is 23.4. The van der Waals surface area contributed by atoms with Crippen LogP contribution < -0.4 is 10.00 Å². The van der Waals surface area contributed by atoms with Gasteiger partial charge < -0.3 is 15.2 Å². The largest absolute Gasteiger partial charge is 0.424 e. The lowest BCUT2D eigenvalue weighted by Crippen LogP contribution is -2.35. The number of nitrogens with zero attached hydrogens (tertiary/aromatic N) is 5. The average Bonchev–Trinajstić information content (AvgIpc) is 3.21. The predicted octanol–water partition coefficient (Wildman–Crippen LogP) is 5.03. The molecule has 0 spiro atoms. The van der Waals surface area contributed by atoms with Crippen LogP contribution in [0.15, 0.2) is 71.6 Å². The Bertz CT molecular complexity index is 1270. The maximum absolute atomic E-state index is 12.8. The molecule has 0 unspecified atom stereocenters. The van der Waals surface area contributed by atoms with E-state index in [9.17, 15) is 18.0 Å². The molecule has 11 heteroatoms. The second-order valence-corrected chi connectivity index (χ2v) is 7.14. The predicted molar refractivity (Wildman–Crippen MR) is 111 cm³/mol. The Morgan fingerprint density at radius 2 is 1.88 bits per heavy atom. The summed E-state index contributed by atoms with van der Waals surface area (Å²) in [5.74, 6) is -0.0884. The SMILES string of the molecule is Cc1cnncc1-c1ccc(C[n+]2cc([N-]C(=O)Nc3cccc(C(F)(F)F)c3)on2)cc1. The van der Waals surface area contributed by atoms with Gasteiger partial charge in [-0.3, -0.25) is 4.79 Å². The van der Waals surface area contributed by atoms with Gasteiger partial charge in [-0.2, -0.15) is 23.4 Å². The molecule has 0 fully saturated rings. The fraction of sp³-hybridized carbons (Fsp3) is 0.136. The van der Waals surface area contributed by atoms with Crippen molar-refractivity contribution in [3.05, 3.63) is 89.1 Å². The van der Waals surface area contributed by atoms with Gasteiger partial charge in [0, 0.05) is 11.1 Å². The van der Waals surface area contributed by atoms with Crippen LogP contribution in [0.1, 0.15) is 16.7 Å². The Morgan fingerprint density at radius 1 is 1.12 bits per heavy atom. The van der Waals surface area contributed by atoms with Gasteiger partial charge in [0.15, 0.2) is 11.3 Å². The molecule has 0 saturated heterocycles. The van der Waals surface area contributed by atoms with Crippen LogP contribution in [0.25, 0.3) is 16.4 Å². The van der Waals surface area contributed by atoms with E-state index in [1.807, 2.05) is 31.2 Å². The molecule has 2 aromatic heterocycles. The van der Waals surface area contributed by atoms with E-state index in [0.717, 1.165) is 34.4 Å². The minimum atomic E-state index is -4.51. The summed E-state index contributed by atoms with van der Waals surface area (Å²) in [4.78, 5) is 12.0. The van der Waals surface area contributed by atoms with E-state index in [1.54, 1.807) is 12.4 Å². The molecule has 0 aliphatic heterocycles. The van der Waals surface area contributed by atoms with E-state index in [2.05, 4.69) is 26.1 Å². The second-order valence-electron chi connectivity index (χ2n) is 7.14. The number of aromatic nitrogens is 4. The molecular weight excluding hydrogens is 437 g/mol. The maximum atomic E-state index is 12.8. The third-order valence-corrected chi connectivity index (χ3v) is 4.69. The number of benzene rings is 2. The summed E-state index contributed by atoms with van der Waals surface area (Å²) in [6.07, 6.45) is 0.300. The number of aryl methyl sites for hydroxylation is 1. The molecule has 1 N–H and O–H groups in total. The van der Waals surface area contributed by atoms with Crippen molar-refractivity contribution >= 4 is 17.6 Å². The Morgan fingerprint density at radius 3 is 2.61 bits per heavy atom. The number of rotatable bonds is 5. The van der Waals surface area contributed by atoms with Crippen LogP contribution in [0.3, 0.4) is 0 Å². The van der Waals surface area contributed by atoms with E-state index >= 15 is 0 Å². The Labute approximate surface area is 186 Å². The highest BCUT2D eigenvalue weighted by atomic mass is 19.4. The minimum absolute atomic E-state index is 0.0364. The molecule has 0 atom stereocenters. The molecule has 0 aliphatic rings. The van der Waals surface area contributed by atoms with E-state index < -0.39 is 17.8 Å². The Hall–Kier alpha value is -4.28. The van der Waals surface area contributed by atoms with Crippen molar-refractivity contribution in [3.8, 4) is 11.1 Å². The molecule has 0 saturated carbocycles. The first-order valence-corrected chi connectivity index (χ1v) is 9.71. The van der Waals surface area contributed by atoms with Crippen molar-refractivity contribution in [1.29, 1.82) is 0 Å². The number of amides is 2. The fourth-order valence-corrected chi connectivity index (χ4v) is 3.08. The molecule has 4 rings (SSSR count). The molecule has 8 nitrogen and oxygen atoms in total. The minimum Gasteiger partial charge on any atom is -0.424 e. The second kappa shape index (κ2) is 9.07. The van der Waals surface area contributed by atoms with Crippen molar-refractivity contribution in [2.24, 2.45) is 0 Å². The third-order valence-electron chi connectivity index (χ3n) is 4.69. The van der Waals surface area contributed by atoms with Crippen molar-refractivity contribution in [2.75, 3.05) is 5.32 Å². The van der Waals surface area contributed by atoms with E-state index in [4.69, 9.17) is 4.52 Å². The molecule has 2 amide bonds.